The molecule has 0 saturated carbocycles. The van der Waals surface area contributed by atoms with Crippen LogP contribution in [0.3, 0.4) is 0 Å². The third-order valence-corrected chi connectivity index (χ3v) is 4.99. The predicted molar refractivity (Wildman–Crippen MR) is 113 cm³/mol. The Morgan fingerprint density at radius 1 is 1.40 bits per heavy atom. The third kappa shape index (κ3) is 4.28. The van der Waals surface area contributed by atoms with Crippen LogP contribution < -0.4 is 16.4 Å². The van der Waals surface area contributed by atoms with Gasteiger partial charge in [-0.2, -0.15) is 0 Å². The number of fused-ring (bicyclic) bond motifs is 1. The van der Waals surface area contributed by atoms with Crippen LogP contribution in [0.2, 0.25) is 0 Å². The molecule has 1 fully saturated rings. The molecule has 3 aromatic rings. The highest BCUT2D eigenvalue weighted by Gasteiger charge is 2.20. The lowest BCUT2D eigenvalue weighted by Gasteiger charge is -2.19. The third-order valence-electron chi connectivity index (χ3n) is 4.99. The maximum absolute atomic E-state index is 12.7. The van der Waals surface area contributed by atoms with Gasteiger partial charge in [0.1, 0.15) is 17.2 Å². The molecule has 2 N–H and O–H groups in total. The van der Waals surface area contributed by atoms with Gasteiger partial charge in [-0.05, 0) is 30.7 Å². The summed E-state index contributed by atoms with van der Waals surface area (Å²) in [5, 5.41) is 3.21. The lowest BCUT2D eigenvalue weighted by atomic mass is 10.1. The summed E-state index contributed by atoms with van der Waals surface area (Å²) in [7, 11) is 1.72. The number of anilines is 1. The molecule has 0 aliphatic carbocycles. The Labute approximate surface area is 173 Å². The van der Waals surface area contributed by atoms with Gasteiger partial charge in [0.2, 0.25) is 5.91 Å². The van der Waals surface area contributed by atoms with E-state index in [0.717, 1.165) is 36.5 Å². The van der Waals surface area contributed by atoms with E-state index in [1.807, 2.05) is 19.1 Å². The average molecular weight is 411 g/mol. The lowest BCUT2D eigenvalue weighted by molar-refractivity contribution is -0.114. The summed E-state index contributed by atoms with van der Waals surface area (Å²) < 4.78 is 7.71. The zero-order valence-electron chi connectivity index (χ0n) is 17.3. The number of carbonyl (C=O) groups excluding carboxylic acids is 1. The Kier molecular flexibility index (Phi) is 5.67. The topological polar surface area (TPSA) is 102 Å². The van der Waals surface area contributed by atoms with Crippen LogP contribution >= 0.6 is 0 Å². The molecule has 9 nitrogen and oxygen atoms in total. The highest BCUT2D eigenvalue weighted by atomic mass is 16.7. The molecule has 9 heteroatoms. The normalized spacial score (nSPS) is 17.8. The second kappa shape index (κ2) is 8.39. The molecule has 1 aliphatic rings. The van der Waals surface area contributed by atoms with Crippen molar-refractivity contribution >= 4 is 22.7 Å². The second-order valence-corrected chi connectivity index (χ2v) is 7.58. The van der Waals surface area contributed by atoms with Gasteiger partial charge in [-0.15, -0.1) is 0 Å². The molecule has 158 valence electrons. The van der Waals surface area contributed by atoms with Crippen molar-refractivity contribution in [3.8, 4) is 11.1 Å². The van der Waals surface area contributed by atoms with Crippen molar-refractivity contribution in [3.05, 3.63) is 46.7 Å². The minimum atomic E-state index is -0.198. The first-order valence-electron chi connectivity index (χ1n) is 9.87. The summed E-state index contributed by atoms with van der Waals surface area (Å²) in [5.74, 6) is 0.968. The molecule has 4 rings (SSSR count). The van der Waals surface area contributed by atoms with E-state index < -0.39 is 0 Å². The number of rotatable bonds is 4. The fraction of sp³-hybridized carbons (Fsp3) is 0.381. The minimum absolute atomic E-state index is 0.0596. The van der Waals surface area contributed by atoms with Gasteiger partial charge in [0.05, 0.1) is 18.0 Å². The van der Waals surface area contributed by atoms with Crippen LogP contribution in [0.25, 0.3) is 22.1 Å². The molecule has 0 spiro atoms. The fourth-order valence-corrected chi connectivity index (χ4v) is 3.69. The maximum Gasteiger partial charge on any atom is 0.261 e. The Bertz CT molecular complexity index is 1140. The molecule has 1 amide bonds. The summed E-state index contributed by atoms with van der Waals surface area (Å²) in [6.07, 6.45) is 3.42. The number of nitrogens with one attached hydrogen (secondary N) is 2. The lowest BCUT2D eigenvalue weighted by Crippen LogP contribution is -2.30. The molecule has 30 heavy (non-hydrogen) atoms. The number of furan rings is 1. The Morgan fingerprint density at radius 2 is 2.23 bits per heavy atom. The summed E-state index contributed by atoms with van der Waals surface area (Å²) in [6.45, 7) is 6.33. The Balaban J connectivity index is 1.73. The predicted octanol–water partition coefficient (Wildman–Crippen LogP) is 1.88. The Hall–Kier alpha value is -3.01. The quantitative estimate of drug-likeness (QED) is 0.676. The average Bonchev–Trinajstić information content (AvgIpc) is 3.00. The van der Waals surface area contributed by atoms with Crippen LogP contribution in [-0.2, 0) is 23.2 Å². The first kappa shape index (κ1) is 20.3. The fourth-order valence-electron chi connectivity index (χ4n) is 3.69. The standard InChI is InChI=1S/C21H25N5O4/c1-13-10-26(7-6-23-30-13)11-16-9-17-20(29-16)18(12-25(3)21(17)28)15-4-5-22-19(8-15)24-14(2)27/h4-5,8-9,12-13,23H,6-7,10-11H2,1-3H3,(H,22,24,27). The van der Waals surface area contributed by atoms with E-state index in [0.29, 0.717) is 23.3 Å². The molecule has 1 atom stereocenters. The van der Waals surface area contributed by atoms with Crippen molar-refractivity contribution in [1.82, 2.24) is 19.9 Å². The number of amides is 1. The van der Waals surface area contributed by atoms with Crippen molar-refractivity contribution < 1.29 is 14.0 Å². The molecule has 3 aromatic heterocycles. The van der Waals surface area contributed by atoms with Gasteiger partial charge in [0.25, 0.3) is 5.56 Å². The van der Waals surface area contributed by atoms with E-state index in [-0.39, 0.29) is 17.6 Å². The number of pyridine rings is 2. The molecular formula is C21H25N5O4. The molecule has 0 aromatic carbocycles. The van der Waals surface area contributed by atoms with Gasteiger partial charge in [-0.1, -0.05) is 0 Å². The molecular weight excluding hydrogens is 386 g/mol. The number of hydrogen-bond acceptors (Lipinski definition) is 7. The number of hydrogen-bond donors (Lipinski definition) is 2. The first-order chi connectivity index (χ1) is 14.4. The number of hydroxylamine groups is 1. The summed E-state index contributed by atoms with van der Waals surface area (Å²) >= 11 is 0. The van der Waals surface area contributed by atoms with Crippen molar-refractivity contribution in [2.24, 2.45) is 7.05 Å². The van der Waals surface area contributed by atoms with Gasteiger partial charge < -0.3 is 14.3 Å². The van der Waals surface area contributed by atoms with Gasteiger partial charge in [0, 0.05) is 51.6 Å². The van der Waals surface area contributed by atoms with E-state index in [1.165, 1.54) is 6.92 Å². The smallest absolute Gasteiger partial charge is 0.261 e. The highest BCUT2D eigenvalue weighted by molar-refractivity contribution is 5.93. The van der Waals surface area contributed by atoms with Crippen LogP contribution in [0, 0.1) is 0 Å². The number of aryl methyl sites for hydroxylation is 1. The number of nitrogens with zero attached hydrogens (tertiary/aromatic N) is 3. The zero-order valence-corrected chi connectivity index (χ0v) is 17.3. The molecule has 0 bridgehead atoms. The maximum atomic E-state index is 12.7. The summed E-state index contributed by atoms with van der Waals surface area (Å²) in [6, 6.07) is 5.41. The molecule has 1 aliphatic heterocycles. The highest BCUT2D eigenvalue weighted by Crippen LogP contribution is 2.30. The van der Waals surface area contributed by atoms with Gasteiger partial charge in [-0.3, -0.25) is 19.3 Å². The Morgan fingerprint density at radius 3 is 3.03 bits per heavy atom. The van der Waals surface area contributed by atoms with Crippen LogP contribution in [0.5, 0.6) is 0 Å². The molecule has 1 unspecified atom stereocenters. The van der Waals surface area contributed by atoms with Gasteiger partial charge in [-0.25, -0.2) is 10.5 Å². The van der Waals surface area contributed by atoms with Crippen LogP contribution in [0.1, 0.15) is 19.6 Å². The van der Waals surface area contributed by atoms with Gasteiger partial charge >= 0.3 is 0 Å². The van der Waals surface area contributed by atoms with Crippen molar-refractivity contribution in [3.63, 3.8) is 0 Å². The largest absolute Gasteiger partial charge is 0.459 e. The molecule has 4 heterocycles. The van der Waals surface area contributed by atoms with E-state index in [2.05, 4.69) is 20.7 Å². The van der Waals surface area contributed by atoms with E-state index in [9.17, 15) is 9.59 Å². The second-order valence-electron chi connectivity index (χ2n) is 7.58. The summed E-state index contributed by atoms with van der Waals surface area (Å²) in [4.78, 5) is 36.0. The first-order valence-corrected chi connectivity index (χ1v) is 9.87. The van der Waals surface area contributed by atoms with E-state index in [4.69, 9.17) is 9.25 Å². The van der Waals surface area contributed by atoms with Crippen molar-refractivity contribution in [1.29, 1.82) is 0 Å². The van der Waals surface area contributed by atoms with E-state index in [1.54, 1.807) is 30.1 Å². The monoisotopic (exact) mass is 411 g/mol. The number of aromatic nitrogens is 2. The molecule has 1 saturated heterocycles. The molecule has 0 radical (unpaired) electrons. The van der Waals surface area contributed by atoms with Crippen LogP contribution in [0.15, 0.2) is 39.8 Å². The van der Waals surface area contributed by atoms with Crippen molar-refractivity contribution in [2.45, 2.75) is 26.5 Å². The minimum Gasteiger partial charge on any atom is -0.459 e. The van der Waals surface area contributed by atoms with Crippen LogP contribution in [-0.4, -0.2) is 46.1 Å². The SMILES string of the molecule is CC(=O)Nc1cc(-c2cn(C)c(=O)c3cc(CN4CCNOC(C)C4)oc23)ccn1. The van der Waals surface area contributed by atoms with Gasteiger partial charge in [0.15, 0.2) is 0 Å². The number of carbonyl (C=O) groups is 1. The van der Waals surface area contributed by atoms with Crippen LogP contribution in [0.4, 0.5) is 5.82 Å². The van der Waals surface area contributed by atoms with E-state index >= 15 is 0 Å². The zero-order chi connectivity index (χ0) is 21.3. The van der Waals surface area contributed by atoms with Crippen molar-refractivity contribution in [2.75, 3.05) is 25.0 Å². The summed E-state index contributed by atoms with van der Waals surface area (Å²) in [5.41, 5.74) is 4.93.